The number of halogens is 6. The Balaban J connectivity index is 2.57. The first-order valence-electron chi connectivity index (χ1n) is 5.59. The van der Waals surface area contributed by atoms with Gasteiger partial charge in [-0.25, -0.2) is 8.78 Å². The number of aliphatic hydroxyl groups is 1. The molecule has 2 bridgehead atoms. The van der Waals surface area contributed by atoms with E-state index in [2.05, 4.69) is 9.78 Å². The van der Waals surface area contributed by atoms with E-state index < -0.39 is 38.3 Å². The number of ether oxygens (including phenoxy) is 1. The van der Waals surface area contributed by atoms with Gasteiger partial charge in [0, 0.05) is 6.61 Å². The van der Waals surface area contributed by atoms with Crippen LogP contribution in [0, 0.1) is 0 Å². The smallest absolute Gasteiger partial charge is 0.305 e. The first-order chi connectivity index (χ1) is 9.15. The van der Waals surface area contributed by atoms with E-state index in [-0.39, 0.29) is 6.61 Å². The maximum absolute atomic E-state index is 14.6. The van der Waals surface area contributed by atoms with Gasteiger partial charge in [0.25, 0.3) is 0 Å². The summed E-state index contributed by atoms with van der Waals surface area (Å²) < 4.78 is 34.4. The third-order valence-corrected chi connectivity index (χ3v) is 5.60. The second-order valence-corrected chi connectivity index (χ2v) is 6.32. The third kappa shape index (κ3) is 1.86. The zero-order valence-corrected chi connectivity index (χ0v) is 13.0. The van der Waals surface area contributed by atoms with Crippen molar-refractivity contribution in [2.45, 2.75) is 41.6 Å². The zero-order valence-electron chi connectivity index (χ0n) is 10.0. The van der Waals surface area contributed by atoms with Crippen LogP contribution in [-0.4, -0.2) is 40.0 Å². The van der Waals surface area contributed by atoms with Gasteiger partial charge in [-0.05, 0) is 6.42 Å². The highest BCUT2D eigenvalue weighted by Gasteiger charge is 2.81. The lowest BCUT2D eigenvalue weighted by molar-refractivity contribution is -0.427. The van der Waals surface area contributed by atoms with E-state index in [0.717, 1.165) is 0 Å². The van der Waals surface area contributed by atoms with Crippen molar-refractivity contribution >= 4 is 46.4 Å². The van der Waals surface area contributed by atoms with E-state index in [0.29, 0.717) is 6.42 Å². The summed E-state index contributed by atoms with van der Waals surface area (Å²) in [5.41, 5.74) is 0. The number of hydrogen-bond donors (Lipinski definition) is 1. The van der Waals surface area contributed by atoms with Crippen molar-refractivity contribution in [1.82, 2.24) is 0 Å². The molecule has 0 aromatic rings. The maximum Gasteiger partial charge on any atom is 0.305 e. The molecule has 1 N–H and O–H groups in total. The van der Waals surface area contributed by atoms with Crippen molar-refractivity contribution in [2.24, 2.45) is 0 Å². The Hall–Kier alpha value is 0.600. The van der Waals surface area contributed by atoms with Crippen LogP contribution in [0.25, 0.3) is 0 Å². The Morgan fingerprint density at radius 3 is 2.30 bits per heavy atom. The Morgan fingerprint density at radius 1 is 1.20 bits per heavy atom. The highest BCUT2D eigenvalue weighted by atomic mass is 35.5. The predicted octanol–water partition coefficient (Wildman–Crippen LogP) is 3.31. The topological polar surface area (TPSA) is 47.9 Å². The van der Waals surface area contributed by atoms with Crippen molar-refractivity contribution in [1.29, 1.82) is 0 Å². The van der Waals surface area contributed by atoms with Gasteiger partial charge in [0.2, 0.25) is 17.5 Å². The van der Waals surface area contributed by atoms with Crippen LogP contribution in [-0.2, 0) is 14.5 Å². The zero-order chi connectivity index (χ0) is 15.3. The molecule has 1 fully saturated rings. The molecule has 0 aromatic carbocycles. The normalized spacial score (nSPS) is 43.8. The fourth-order valence-electron chi connectivity index (χ4n) is 1.98. The summed E-state index contributed by atoms with van der Waals surface area (Å²) in [7, 11) is 0. The summed E-state index contributed by atoms with van der Waals surface area (Å²) in [6, 6.07) is 0. The van der Waals surface area contributed by atoms with Crippen LogP contribution >= 0.6 is 46.4 Å². The number of alkyl halides is 4. The fraction of sp³-hybridized carbons (Fsp3) is 0.800. The largest absolute Gasteiger partial charge is 0.364 e. The lowest BCUT2D eigenvalue weighted by Gasteiger charge is -2.36. The molecule has 4 nitrogen and oxygen atoms in total. The molecule has 20 heavy (non-hydrogen) atoms. The molecule has 0 saturated carbocycles. The summed E-state index contributed by atoms with van der Waals surface area (Å²) in [5.74, 6) is -3.98. The number of fused-ring (bicyclic) bond motifs is 2. The van der Waals surface area contributed by atoms with Gasteiger partial charge in [-0.15, -0.1) is 23.2 Å². The third-order valence-electron chi connectivity index (χ3n) is 3.12. The van der Waals surface area contributed by atoms with Crippen LogP contribution in [0.5, 0.6) is 0 Å². The summed E-state index contributed by atoms with van der Waals surface area (Å²) >= 11 is 23.3. The van der Waals surface area contributed by atoms with Crippen LogP contribution in [0.4, 0.5) is 8.78 Å². The Kier molecular flexibility index (Phi) is 4.54. The van der Waals surface area contributed by atoms with Crippen molar-refractivity contribution in [3.63, 3.8) is 0 Å². The molecule has 1 saturated heterocycles. The van der Waals surface area contributed by atoms with E-state index in [1.54, 1.807) is 6.92 Å². The maximum atomic E-state index is 14.6. The standard InChI is InChI=1S/C10H10Cl4F2O4/c1-2-3-18-7-9(14)5(12)4(11)8(13,10(9,15)16)6(17)19-20-7/h6-7,17H,2-3H2,1H3. The molecule has 4 unspecified atom stereocenters. The molecule has 10 heteroatoms. The van der Waals surface area contributed by atoms with Crippen LogP contribution in [0.15, 0.2) is 10.1 Å². The summed E-state index contributed by atoms with van der Waals surface area (Å²) in [5, 5.41) is 8.31. The average molecular weight is 374 g/mol. The van der Waals surface area contributed by atoms with Crippen LogP contribution in [0.1, 0.15) is 13.3 Å². The van der Waals surface area contributed by atoms with Crippen LogP contribution in [0.2, 0.25) is 0 Å². The van der Waals surface area contributed by atoms with E-state index in [1.807, 2.05) is 0 Å². The molecule has 4 atom stereocenters. The molecular weight excluding hydrogens is 364 g/mol. The molecule has 1 aliphatic heterocycles. The quantitative estimate of drug-likeness (QED) is 0.609. The molecule has 1 aliphatic carbocycles. The number of hydrogen-bond acceptors (Lipinski definition) is 4. The molecule has 0 spiro atoms. The second kappa shape index (κ2) is 5.35. The lowest BCUT2D eigenvalue weighted by Crippen LogP contribution is -2.59. The summed E-state index contributed by atoms with van der Waals surface area (Å²) in [4.78, 5) is 3.51. The molecular formula is C10H10Cl4F2O4. The van der Waals surface area contributed by atoms with Crippen molar-refractivity contribution < 1.29 is 28.4 Å². The minimum Gasteiger partial charge on any atom is -0.364 e. The van der Waals surface area contributed by atoms with Gasteiger partial charge in [0.05, 0.1) is 10.1 Å². The fourth-order valence-corrected chi connectivity index (χ4v) is 3.46. The first-order valence-corrected chi connectivity index (χ1v) is 7.10. The summed E-state index contributed by atoms with van der Waals surface area (Å²) in [6.07, 6.45) is -3.57. The molecule has 116 valence electrons. The van der Waals surface area contributed by atoms with Gasteiger partial charge < -0.3 is 9.84 Å². The SMILES string of the molecule is CCCOC1OOC(O)C2(Cl)C(Cl)=C(Cl)C1(Cl)C2(F)F. The minimum atomic E-state index is -3.98. The molecule has 2 aliphatic rings. The molecule has 0 aromatic heterocycles. The van der Waals surface area contributed by atoms with E-state index in [4.69, 9.17) is 51.1 Å². The number of aliphatic hydroxyl groups excluding tert-OH is 1. The highest BCUT2D eigenvalue weighted by molar-refractivity contribution is 6.51. The van der Waals surface area contributed by atoms with E-state index in [9.17, 15) is 13.9 Å². The minimum absolute atomic E-state index is 0.0474. The van der Waals surface area contributed by atoms with Crippen molar-refractivity contribution in [3.05, 3.63) is 10.1 Å². The van der Waals surface area contributed by atoms with E-state index in [1.165, 1.54) is 0 Å². The van der Waals surface area contributed by atoms with Crippen LogP contribution < -0.4 is 0 Å². The molecule has 0 radical (unpaired) electrons. The van der Waals surface area contributed by atoms with Crippen LogP contribution in [0.3, 0.4) is 0 Å². The Morgan fingerprint density at radius 2 is 1.75 bits per heavy atom. The van der Waals surface area contributed by atoms with Gasteiger partial charge >= 0.3 is 5.92 Å². The van der Waals surface area contributed by atoms with Gasteiger partial charge in [-0.1, -0.05) is 30.1 Å². The number of rotatable bonds is 3. The van der Waals surface area contributed by atoms with Crippen molar-refractivity contribution in [3.8, 4) is 0 Å². The highest BCUT2D eigenvalue weighted by Crippen LogP contribution is 2.66. The first kappa shape index (κ1) is 17.0. The lowest BCUT2D eigenvalue weighted by atomic mass is 9.95. The molecule has 0 amide bonds. The van der Waals surface area contributed by atoms with Gasteiger partial charge in [0.1, 0.15) is 0 Å². The van der Waals surface area contributed by atoms with Crippen molar-refractivity contribution in [2.75, 3.05) is 6.61 Å². The monoisotopic (exact) mass is 372 g/mol. The Bertz CT molecular complexity index is 449. The molecule has 1 heterocycles. The summed E-state index contributed by atoms with van der Waals surface area (Å²) in [6.45, 7) is 1.79. The Labute approximate surface area is 133 Å². The predicted molar refractivity (Wildman–Crippen MR) is 69.1 cm³/mol. The van der Waals surface area contributed by atoms with Gasteiger partial charge in [0.15, 0.2) is 4.87 Å². The van der Waals surface area contributed by atoms with Gasteiger partial charge in [-0.3, -0.25) is 0 Å². The molecule has 2 rings (SSSR count). The van der Waals surface area contributed by atoms with Gasteiger partial charge in [-0.2, -0.15) is 9.78 Å². The second-order valence-electron chi connectivity index (χ2n) is 4.37. The average Bonchev–Trinajstić information content (AvgIpc) is 2.48. The van der Waals surface area contributed by atoms with E-state index >= 15 is 0 Å².